The molecule has 0 fully saturated rings. The van der Waals surface area contributed by atoms with Crippen LogP contribution in [0.1, 0.15) is 10.5 Å². The molecule has 1 heterocycles. The number of rotatable bonds is 8. The van der Waals surface area contributed by atoms with E-state index in [4.69, 9.17) is 9.47 Å². The van der Waals surface area contributed by atoms with Gasteiger partial charge in [-0.15, -0.1) is 0 Å². The predicted molar refractivity (Wildman–Crippen MR) is 94.3 cm³/mol. The van der Waals surface area contributed by atoms with Gasteiger partial charge in [0.15, 0.2) is 6.61 Å². The van der Waals surface area contributed by atoms with E-state index in [9.17, 15) is 18.4 Å². The maximum absolute atomic E-state index is 12.2. The fourth-order valence-corrected chi connectivity index (χ4v) is 1.89. The summed E-state index contributed by atoms with van der Waals surface area (Å²) in [6, 6.07) is 9.08. The minimum Gasteiger partial charge on any atom is -0.488 e. The first kappa shape index (κ1) is 20.1. The summed E-state index contributed by atoms with van der Waals surface area (Å²) < 4.78 is 34.6. The lowest BCUT2D eigenvalue weighted by atomic mass is 10.2. The van der Waals surface area contributed by atoms with E-state index in [1.807, 2.05) is 0 Å². The lowest BCUT2D eigenvalue weighted by Crippen LogP contribution is -2.27. The number of halogens is 2. The van der Waals surface area contributed by atoms with Crippen LogP contribution in [0.25, 0.3) is 0 Å². The highest BCUT2D eigenvalue weighted by Gasteiger charge is 2.11. The van der Waals surface area contributed by atoms with Crippen LogP contribution in [0.3, 0.4) is 0 Å². The molecule has 1 aromatic heterocycles. The summed E-state index contributed by atoms with van der Waals surface area (Å²) in [6.07, 6.45) is -1.31. The number of aromatic nitrogens is 1. The van der Waals surface area contributed by atoms with Gasteiger partial charge in [-0.25, -0.2) is 8.78 Å². The number of nitrogens with zero attached hydrogens (tertiary/aromatic N) is 2. The fourth-order valence-electron chi connectivity index (χ4n) is 1.89. The summed E-state index contributed by atoms with van der Waals surface area (Å²) in [5.74, 6) is -0.0881. The maximum atomic E-state index is 12.2. The van der Waals surface area contributed by atoms with Crippen LogP contribution in [-0.2, 0) is 4.79 Å². The van der Waals surface area contributed by atoms with Crippen molar-refractivity contribution in [2.45, 2.75) is 6.43 Å². The van der Waals surface area contributed by atoms with Gasteiger partial charge in [0.1, 0.15) is 23.8 Å². The van der Waals surface area contributed by atoms with E-state index in [0.29, 0.717) is 11.4 Å². The van der Waals surface area contributed by atoms with Crippen LogP contribution < -0.4 is 14.8 Å². The van der Waals surface area contributed by atoms with Crippen LogP contribution in [0.5, 0.6) is 11.5 Å². The summed E-state index contributed by atoms with van der Waals surface area (Å²) >= 11 is 0. The van der Waals surface area contributed by atoms with Gasteiger partial charge in [-0.1, -0.05) is 0 Å². The monoisotopic (exact) mass is 379 g/mol. The molecule has 0 saturated carbocycles. The van der Waals surface area contributed by atoms with Gasteiger partial charge in [-0.3, -0.25) is 14.6 Å². The zero-order valence-corrected chi connectivity index (χ0v) is 14.8. The third-order valence-corrected chi connectivity index (χ3v) is 3.31. The van der Waals surface area contributed by atoms with E-state index < -0.39 is 18.9 Å². The molecule has 1 aromatic carbocycles. The van der Waals surface area contributed by atoms with E-state index in [0.717, 1.165) is 0 Å². The second-order valence-corrected chi connectivity index (χ2v) is 5.63. The number of pyridine rings is 1. The molecule has 0 spiro atoms. The van der Waals surface area contributed by atoms with E-state index in [1.54, 1.807) is 38.4 Å². The molecule has 0 radical (unpaired) electrons. The Morgan fingerprint density at radius 3 is 2.44 bits per heavy atom. The fraction of sp³-hybridized carbons (Fsp3) is 0.278. The lowest BCUT2D eigenvalue weighted by Gasteiger charge is -2.12. The third-order valence-electron chi connectivity index (χ3n) is 3.31. The molecule has 0 aliphatic heterocycles. The topological polar surface area (TPSA) is 80.8 Å². The SMILES string of the molecule is CN(C)C(=O)COc1ccc(NC(=O)c2cc(OCC(F)F)ccn2)cc1. The lowest BCUT2D eigenvalue weighted by molar-refractivity contribution is -0.130. The Morgan fingerprint density at radius 1 is 1.11 bits per heavy atom. The number of ether oxygens (including phenoxy) is 2. The van der Waals surface area contributed by atoms with Crippen molar-refractivity contribution in [3.05, 3.63) is 48.3 Å². The number of carbonyl (C=O) groups is 2. The molecule has 7 nitrogen and oxygen atoms in total. The Morgan fingerprint density at radius 2 is 1.81 bits per heavy atom. The van der Waals surface area contributed by atoms with Crippen LogP contribution in [0.2, 0.25) is 0 Å². The number of nitrogens with one attached hydrogen (secondary N) is 1. The molecule has 2 rings (SSSR count). The summed E-state index contributed by atoms with van der Waals surface area (Å²) in [5.41, 5.74) is 0.505. The van der Waals surface area contributed by atoms with Gasteiger partial charge in [0.25, 0.3) is 18.2 Å². The van der Waals surface area contributed by atoms with Crippen molar-refractivity contribution < 1.29 is 27.8 Å². The zero-order valence-electron chi connectivity index (χ0n) is 14.8. The van der Waals surface area contributed by atoms with Crippen LogP contribution in [-0.4, -0.2) is 55.4 Å². The van der Waals surface area contributed by atoms with Crippen molar-refractivity contribution in [2.75, 3.05) is 32.6 Å². The molecule has 0 unspecified atom stereocenters. The number of likely N-dealkylation sites (N-methyl/N-ethyl adjacent to an activating group) is 1. The van der Waals surface area contributed by atoms with E-state index >= 15 is 0 Å². The van der Waals surface area contributed by atoms with E-state index in [2.05, 4.69) is 10.3 Å². The first-order valence-electron chi connectivity index (χ1n) is 7.96. The second-order valence-electron chi connectivity index (χ2n) is 5.63. The van der Waals surface area contributed by atoms with Gasteiger partial charge >= 0.3 is 0 Å². The highest BCUT2D eigenvalue weighted by atomic mass is 19.3. The zero-order chi connectivity index (χ0) is 19.8. The molecule has 0 bridgehead atoms. The van der Waals surface area contributed by atoms with Gasteiger partial charge in [0.2, 0.25) is 0 Å². The average molecular weight is 379 g/mol. The maximum Gasteiger partial charge on any atom is 0.274 e. The summed E-state index contributed by atoms with van der Waals surface area (Å²) in [4.78, 5) is 29.0. The van der Waals surface area contributed by atoms with Crippen molar-refractivity contribution in [2.24, 2.45) is 0 Å². The molecule has 0 aliphatic rings. The number of hydrogen-bond acceptors (Lipinski definition) is 5. The Kier molecular flexibility index (Phi) is 7.04. The van der Waals surface area contributed by atoms with Gasteiger partial charge in [0, 0.05) is 32.0 Å². The first-order valence-corrected chi connectivity index (χ1v) is 7.96. The normalized spacial score (nSPS) is 10.4. The van der Waals surface area contributed by atoms with E-state index in [1.165, 1.54) is 23.2 Å². The van der Waals surface area contributed by atoms with Crippen molar-refractivity contribution in [1.29, 1.82) is 0 Å². The Balaban J connectivity index is 1.93. The van der Waals surface area contributed by atoms with E-state index in [-0.39, 0.29) is 24.0 Å². The summed E-state index contributed by atoms with van der Waals surface area (Å²) in [6.45, 7) is -0.850. The van der Waals surface area contributed by atoms with Gasteiger partial charge in [-0.05, 0) is 30.3 Å². The quantitative estimate of drug-likeness (QED) is 0.762. The molecule has 144 valence electrons. The van der Waals surface area contributed by atoms with Crippen molar-refractivity contribution in [3.63, 3.8) is 0 Å². The van der Waals surface area contributed by atoms with Crippen LogP contribution in [0.15, 0.2) is 42.6 Å². The van der Waals surface area contributed by atoms with Crippen molar-refractivity contribution >= 4 is 17.5 Å². The first-order chi connectivity index (χ1) is 12.8. The molecule has 0 atom stereocenters. The molecule has 0 aliphatic carbocycles. The third kappa shape index (κ3) is 6.53. The molecule has 0 saturated heterocycles. The number of hydrogen-bond donors (Lipinski definition) is 1. The predicted octanol–water partition coefficient (Wildman–Crippen LogP) is 2.44. The van der Waals surface area contributed by atoms with Crippen molar-refractivity contribution in [1.82, 2.24) is 9.88 Å². The standard InChI is InChI=1S/C18H19F2N3O4/c1-23(2)17(24)11-27-13-5-3-12(4-6-13)22-18(25)15-9-14(7-8-21-15)26-10-16(19)20/h3-9,16H,10-11H2,1-2H3,(H,22,25). The largest absolute Gasteiger partial charge is 0.488 e. The summed E-state index contributed by atoms with van der Waals surface area (Å²) in [7, 11) is 3.26. The second kappa shape index (κ2) is 9.46. The Hall–Kier alpha value is -3.23. The highest BCUT2D eigenvalue weighted by Crippen LogP contribution is 2.17. The minimum absolute atomic E-state index is 0.0265. The molecule has 1 N–H and O–H groups in total. The average Bonchev–Trinajstić information content (AvgIpc) is 2.65. The molecule has 9 heteroatoms. The Labute approximate surface area is 154 Å². The molecule has 2 amide bonds. The van der Waals surface area contributed by atoms with Gasteiger partial charge in [0.05, 0.1) is 0 Å². The molecular weight excluding hydrogens is 360 g/mol. The van der Waals surface area contributed by atoms with Crippen LogP contribution in [0, 0.1) is 0 Å². The number of amides is 2. The number of alkyl halides is 2. The van der Waals surface area contributed by atoms with Crippen molar-refractivity contribution in [3.8, 4) is 11.5 Å². The number of anilines is 1. The molecule has 2 aromatic rings. The molecule has 27 heavy (non-hydrogen) atoms. The van der Waals surface area contributed by atoms with Crippen LogP contribution in [0.4, 0.5) is 14.5 Å². The number of benzene rings is 1. The molecular formula is C18H19F2N3O4. The van der Waals surface area contributed by atoms with Gasteiger partial charge in [-0.2, -0.15) is 0 Å². The summed E-state index contributed by atoms with van der Waals surface area (Å²) in [5, 5.41) is 2.62. The van der Waals surface area contributed by atoms with Gasteiger partial charge < -0.3 is 19.7 Å². The highest BCUT2D eigenvalue weighted by molar-refractivity contribution is 6.03. The smallest absolute Gasteiger partial charge is 0.274 e. The Bertz CT molecular complexity index is 782. The van der Waals surface area contributed by atoms with Crippen LogP contribution >= 0.6 is 0 Å². The minimum atomic E-state index is -2.61. The number of carbonyl (C=O) groups excluding carboxylic acids is 2.